The van der Waals surface area contributed by atoms with Crippen molar-refractivity contribution in [3.63, 3.8) is 0 Å². The third-order valence-corrected chi connectivity index (χ3v) is 6.81. The molecule has 4 rings (SSSR count). The Labute approximate surface area is 148 Å². The van der Waals surface area contributed by atoms with Crippen LogP contribution in [-0.2, 0) is 7.05 Å². The van der Waals surface area contributed by atoms with Crippen molar-refractivity contribution in [3.8, 4) is 0 Å². The Morgan fingerprint density at radius 3 is 2.96 bits per heavy atom. The molecule has 8 heteroatoms. The molecule has 0 spiro atoms. The van der Waals surface area contributed by atoms with Crippen molar-refractivity contribution in [3.05, 3.63) is 27.6 Å². The number of thiophene rings is 1. The van der Waals surface area contributed by atoms with E-state index in [-0.39, 0.29) is 5.91 Å². The van der Waals surface area contributed by atoms with Crippen LogP contribution in [0, 0.1) is 6.92 Å². The molecule has 0 unspecified atom stereocenters. The van der Waals surface area contributed by atoms with E-state index in [0.29, 0.717) is 6.04 Å². The van der Waals surface area contributed by atoms with E-state index >= 15 is 0 Å². The van der Waals surface area contributed by atoms with Crippen LogP contribution in [0.2, 0.25) is 0 Å². The first-order chi connectivity index (χ1) is 11.6. The zero-order valence-corrected chi connectivity index (χ0v) is 15.5. The lowest BCUT2D eigenvalue weighted by Gasteiger charge is -2.22. The van der Waals surface area contributed by atoms with E-state index < -0.39 is 0 Å². The fourth-order valence-corrected chi connectivity index (χ4v) is 5.48. The number of hydrogen-bond acceptors (Lipinski definition) is 6. The summed E-state index contributed by atoms with van der Waals surface area (Å²) in [5.41, 5.74) is 1.99. The Morgan fingerprint density at radius 1 is 1.38 bits per heavy atom. The van der Waals surface area contributed by atoms with Gasteiger partial charge in [0.15, 0.2) is 10.8 Å². The van der Waals surface area contributed by atoms with Crippen molar-refractivity contribution in [1.29, 1.82) is 0 Å². The highest BCUT2D eigenvalue weighted by Gasteiger charge is 2.30. The van der Waals surface area contributed by atoms with E-state index in [1.54, 1.807) is 29.7 Å². The molecule has 1 aliphatic heterocycles. The monoisotopic (exact) mass is 361 g/mol. The van der Waals surface area contributed by atoms with E-state index in [0.717, 1.165) is 45.4 Å². The molecule has 0 saturated carbocycles. The molecule has 1 atom stereocenters. The van der Waals surface area contributed by atoms with Crippen LogP contribution < -0.4 is 10.2 Å². The Morgan fingerprint density at radius 2 is 2.21 bits per heavy atom. The van der Waals surface area contributed by atoms with Gasteiger partial charge in [0.05, 0.1) is 21.3 Å². The summed E-state index contributed by atoms with van der Waals surface area (Å²) in [6, 6.07) is 4.31. The molecular weight excluding hydrogens is 342 g/mol. The fraction of sp³-hybridized carbons (Fsp3) is 0.438. The van der Waals surface area contributed by atoms with Crippen molar-refractivity contribution < 1.29 is 4.79 Å². The lowest BCUT2D eigenvalue weighted by molar-refractivity contribution is 0.0967. The maximum Gasteiger partial charge on any atom is 0.261 e. The number of hydrogen-bond donors (Lipinski definition) is 1. The van der Waals surface area contributed by atoms with Gasteiger partial charge in [-0.05, 0) is 31.9 Å². The van der Waals surface area contributed by atoms with Crippen LogP contribution in [0.5, 0.6) is 0 Å². The summed E-state index contributed by atoms with van der Waals surface area (Å²) in [6.45, 7) is 3.03. The number of carbonyl (C=O) groups is 1. The van der Waals surface area contributed by atoms with Crippen molar-refractivity contribution in [2.75, 3.05) is 18.5 Å². The highest BCUT2D eigenvalue weighted by atomic mass is 32.1. The minimum absolute atomic E-state index is 0.0162. The third-order valence-electron chi connectivity index (χ3n) is 4.44. The molecule has 126 valence electrons. The molecule has 1 aliphatic rings. The largest absolute Gasteiger partial charge is 0.354 e. The SMILES string of the molecule is CNC(=O)c1ccc([C@@H]2CCCN2c2nc3c(s2)c(C)nn3C)s1. The molecule has 3 aromatic rings. The van der Waals surface area contributed by atoms with Gasteiger partial charge in [-0.25, -0.2) is 9.67 Å². The minimum Gasteiger partial charge on any atom is -0.354 e. The van der Waals surface area contributed by atoms with E-state index in [2.05, 4.69) is 21.4 Å². The average molecular weight is 361 g/mol. The number of aromatic nitrogens is 3. The number of fused-ring (bicyclic) bond motifs is 1. The Bertz CT molecular complexity index is 874. The van der Waals surface area contributed by atoms with Crippen molar-refractivity contribution in [1.82, 2.24) is 20.1 Å². The fourth-order valence-electron chi connectivity index (χ4n) is 3.27. The first kappa shape index (κ1) is 15.6. The normalized spacial score (nSPS) is 17.8. The molecule has 3 aromatic heterocycles. The maximum absolute atomic E-state index is 11.8. The van der Waals surface area contributed by atoms with Crippen LogP contribution in [0.4, 0.5) is 5.13 Å². The average Bonchev–Trinajstić information content (AvgIpc) is 3.32. The van der Waals surface area contributed by atoms with Crippen LogP contribution >= 0.6 is 22.7 Å². The molecule has 24 heavy (non-hydrogen) atoms. The second-order valence-electron chi connectivity index (χ2n) is 5.99. The number of carbonyl (C=O) groups excluding carboxylic acids is 1. The molecule has 0 aliphatic carbocycles. The molecule has 4 heterocycles. The Kier molecular flexibility index (Phi) is 3.80. The summed E-state index contributed by atoms with van der Waals surface area (Å²) < 4.78 is 3.01. The summed E-state index contributed by atoms with van der Waals surface area (Å²) in [6.07, 6.45) is 2.24. The molecule has 0 bridgehead atoms. The zero-order valence-electron chi connectivity index (χ0n) is 13.9. The number of nitrogens with one attached hydrogen (secondary N) is 1. The van der Waals surface area contributed by atoms with Gasteiger partial charge in [-0.2, -0.15) is 5.10 Å². The van der Waals surface area contributed by atoms with Gasteiger partial charge >= 0.3 is 0 Å². The van der Waals surface area contributed by atoms with Gasteiger partial charge in [-0.15, -0.1) is 11.3 Å². The van der Waals surface area contributed by atoms with Gasteiger partial charge in [0.25, 0.3) is 5.91 Å². The Balaban J connectivity index is 1.67. The summed E-state index contributed by atoms with van der Waals surface area (Å²) in [5.74, 6) is -0.0162. The number of anilines is 1. The van der Waals surface area contributed by atoms with Crippen LogP contribution in [-0.4, -0.2) is 34.3 Å². The third kappa shape index (κ3) is 2.41. The van der Waals surface area contributed by atoms with Crippen molar-refractivity contribution in [2.24, 2.45) is 7.05 Å². The standard InChI is InChI=1S/C16H19N5OS2/c1-9-13-14(20(3)19-9)18-16(24-13)21-8-4-5-10(21)11-6-7-12(23-11)15(22)17-2/h6-7,10H,4-5,8H2,1-3H3,(H,17,22)/t10-/m0/s1. The lowest BCUT2D eigenvalue weighted by Crippen LogP contribution is -2.21. The number of aryl methyl sites for hydroxylation is 2. The van der Waals surface area contributed by atoms with Crippen LogP contribution in [0.3, 0.4) is 0 Å². The number of rotatable bonds is 3. The van der Waals surface area contributed by atoms with E-state index in [9.17, 15) is 4.79 Å². The van der Waals surface area contributed by atoms with Crippen LogP contribution in [0.15, 0.2) is 12.1 Å². The number of nitrogens with zero attached hydrogens (tertiary/aromatic N) is 4. The van der Waals surface area contributed by atoms with Crippen molar-refractivity contribution >= 4 is 44.1 Å². The van der Waals surface area contributed by atoms with Crippen LogP contribution in [0.25, 0.3) is 10.3 Å². The zero-order chi connectivity index (χ0) is 16.8. The first-order valence-corrected chi connectivity index (χ1v) is 9.60. The van der Waals surface area contributed by atoms with E-state index in [1.807, 2.05) is 24.7 Å². The number of thiazole rings is 1. The van der Waals surface area contributed by atoms with Gasteiger partial charge < -0.3 is 10.2 Å². The molecule has 1 fully saturated rings. The van der Waals surface area contributed by atoms with Gasteiger partial charge in [0.1, 0.15) is 0 Å². The van der Waals surface area contributed by atoms with Gasteiger partial charge in [0, 0.05) is 25.5 Å². The predicted octanol–water partition coefficient (Wildman–Crippen LogP) is 3.10. The highest BCUT2D eigenvalue weighted by Crippen LogP contribution is 2.42. The summed E-state index contributed by atoms with van der Waals surface area (Å²) in [4.78, 5) is 21.0. The second-order valence-corrected chi connectivity index (χ2v) is 8.08. The predicted molar refractivity (Wildman–Crippen MR) is 98.2 cm³/mol. The summed E-state index contributed by atoms with van der Waals surface area (Å²) in [7, 11) is 3.61. The maximum atomic E-state index is 11.8. The molecule has 1 saturated heterocycles. The minimum atomic E-state index is -0.0162. The molecule has 0 radical (unpaired) electrons. The lowest BCUT2D eigenvalue weighted by atomic mass is 10.2. The molecule has 1 amide bonds. The van der Waals surface area contributed by atoms with Gasteiger partial charge in [-0.3, -0.25) is 4.79 Å². The number of amides is 1. The van der Waals surface area contributed by atoms with Crippen LogP contribution in [0.1, 0.15) is 39.1 Å². The van der Waals surface area contributed by atoms with E-state index in [1.165, 1.54) is 4.88 Å². The summed E-state index contributed by atoms with van der Waals surface area (Å²) in [5, 5.41) is 8.18. The second kappa shape index (κ2) is 5.86. The Hall–Kier alpha value is -1.93. The first-order valence-electron chi connectivity index (χ1n) is 7.97. The quantitative estimate of drug-likeness (QED) is 0.779. The van der Waals surface area contributed by atoms with Gasteiger partial charge in [-0.1, -0.05) is 11.3 Å². The highest BCUT2D eigenvalue weighted by molar-refractivity contribution is 7.22. The smallest absolute Gasteiger partial charge is 0.261 e. The molecule has 1 N–H and O–H groups in total. The van der Waals surface area contributed by atoms with E-state index in [4.69, 9.17) is 4.98 Å². The van der Waals surface area contributed by atoms with Crippen molar-refractivity contribution in [2.45, 2.75) is 25.8 Å². The topological polar surface area (TPSA) is 63.1 Å². The molecular formula is C16H19N5OS2. The molecule has 6 nitrogen and oxygen atoms in total. The summed E-state index contributed by atoms with van der Waals surface area (Å²) >= 11 is 3.30. The molecule has 0 aromatic carbocycles. The van der Waals surface area contributed by atoms with Gasteiger partial charge in [0.2, 0.25) is 0 Å².